The molecular weight excluding hydrogens is 165 g/mol. The Bertz CT molecular complexity index is 146. The smallest absolute Gasteiger partial charge is 0.00504 e. The third-order valence-electron chi connectivity index (χ3n) is 3.66. The maximum atomic E-state index is 2.99. The number of nitrogens with zero attached hydrogens (tertiary/aromatic N) is 1. The van der Waals surface area contributed by atoms with E-state index in [-0.39, 0.29) is 0 Å². The summed E-state index contributed by atoms with van der Waals surface area (Å²) in [6.45, 7) is 6.31. The molecule has 2 heteroatoms. The lowest BCUT2D eigenvalue weighted by molar-refractivity contribution is -0.0230. The monoisotopic (exact) mass is 185 g/mol. The van der Waals surface area contributed by atoms with Crippen LogP contribution in [-0.4, -0.2) is 30.2 Å². The molecule has 70 valence electrons. The van der Waals surface area contributed by atoms with E-state index in [1.807, 2.05) is 0 Å². The fraction of sp³-hybridized carbons (Fsp3) is 1.00. The van der Waals surface area contributed by atoms with E-state index in [9.17, 15) is 0 Å². The van der Waals surface area contributed by atoms with Gasteiger partial charge in [0.15, 0.2) is 0 Å². The lowest BCUT2D eigenvalue weighted by Crippen LogP contribution is -2.57. The van der Waals surface area contributed by atoms with E-state index in [1.54, 1.807) is 0 Å². The molecule has 12 heavy (non-hydrogen) atoms. The van der Waals surface area contributed by atoms with Crippen molar-refractivity contribution in [1.82, 2.24) is 4.90 Å². The van der Waals surface area contributed by atoms with Crippen LogP contribution in [0, 0.1) is 5.41 Å². The molecule has 1 aliphatic carbocycles. The minimum Gasteiger partial charge on any atom is -0.302 e. The molecule has 0 N–H and O–H groups in total. The average Bonchev–Trinajstić information content (AvgIpc) is 2.02. The van der Waals surface area contributed by atoms with Crippen molar-refractivity contribution in [1.29, 1.82) is 0 Å². The van der Waals surface area contributed by atoms with Crippen molar-refractivity contribution in [2.75, 3.05) is 19.6 Å². The summed E-state index contributed by atoms with van der Waals surface area (Å²) in [6, 6.07) is 0. The maximum absolute atomic E-state index is 2.99. The highest BCUT2D eigenvalue weighted by Gasteiger charge is 2.43. The van der Waals surface area contributed by atoms with Gasteiger partial charge in [0.05, 0.1) is 0 Å². The molecule has 1 spiro atoms. The lowest BCUT2D eigenvalue weighted by atomic mass is 9.68. The first-order valence-corrected chi connectivity index (χ1v) is 5.89. The van der Waals surface area contributed by atoms with Gasteiger partial charge in [0.2, 0.25) is 0 Å². The van der Waals surface area contributed by atoms with Gasteiger partial charge in [-0.15, -0.1) is 9.24 Å². The third-order valence-corrected chi connectivity index (χ3v) is 4.32. The number of likely N-dealkylation sites (tertiary alicyclic amines) is 1. The minimum atomic E-state index is 0.767. The second kappa shape index (κ2) is 3.27. The number of hydrogen-bond acceptors (Lipinski definition) is 1. The van der Waals surface area contributed by atoms with Gasteiger partial charge in [0.25, 0.3) is 0 Å². The van der Waals surface area contributed by atoms with Crippen LogP contribution >= 0.6 is 9.24 Å². The van der Waals surface area contributed by atoms with Crippen molar-refractivity contribution >= 4 is 9.24 Å². The van der Waals surface area contributed by atoms with Crippen LogP contribution in [-0.2, 0) is 0 Å². The summed E-state index contributed by atoms with van der Waals surface area (Å²) in [7, 11) is 2.99. The molecule has 1 saturated carbocycles. The van der Waals surface area contributed by atoms with Crippen molar-refractivity contribution in [2.24, 2.45) is 5.41 Å². The van der Waals surface area contributed by atoms with Crippen LogP contribution in [0.5, 0.6) is 0 Å². The van der Waals surface area contributed by atoms with Crippen LogP contribution in [0.25, 0.3) is 0 Å². The second-order valence-electron chi connectivity index (χ2n) is 4.64. The van der Waals surface area contributed by atoms with Gasteiger partial charge in [-0.2, -0.15) is 0 Å². The molecule has 0 amide bonds. The Morgan fingerprint density at radius 2 is 1.92 bits per heavy atom. The molecule has 0 bridgehead atoms. The van der Waals surface area contributed by atoms with Gasteiger partial charge in [0.1, 0.15) is 0 Å². The fourth-order valence-corrected chi connectivity index (χ4v) is 3.03. The van der Waals surface area contributed by atoms with Gasteiger partial charge in [-0.05, 0) is 43.3 Å². The summed E-state index contributed by atoms with van der Waals surface area (Å²) in [5.74, 6) is 0. The van der Waals surface area contributed by atoms with E-state index in [1.165, 1.54) is 45.3 Å². The predicted octanol–water partition coefficient (Wildman–Crippen LogP) is 2.13. The Kier molecular flexibility index (Phi) is 2.44. The van der Waals surface area contributed by atoms with Crippen molar-refractivity contribution in [3.05, 3.63) is 0 Å². The van der Waals surface area contributed by atoms with Crippen LogP contribution in [0.4, 0.5) is 0 Å². The Balaban J connectivity index is 1.83. The van der Waals surface area contributed by atoms with Crippen LogP contribution in [0.1, 0.15) is 32.6 Å². The van der Waals surface area contributed by atoms with E-state index in [0.717, 1.165) is 11.1 Å². The van der Waals surface area contributed by atoms with E-state index in [2.05, 4.69) is 21.1 Å². The zero-order chi connectivity index (χ0) is 8.60. The molecule has 2 aliphatic rings. The van der Waals surface area contributed by atoms with Crippen molar-refractivity contribution in [2.45, 2.75) is 38.3 Å². The summed E-state index contributed by atoms with van der Waals surface area (Å²) < 4.78 is 0. The van der Waals surface area contributed by atoms with Gasteiger partial charge in [-0.25, -0.2) is 0 Å². The Morgan fingerprint density at radius 1 is 1.33 bits per heavy atom. The van der Waals surface area contributed by atoms with Gasteiger partial charge in [-0.3, -0.25) is 0 Å². The van der Waals surface area contributed by atoms with E-state index < -0.39 is 0 Å². The molecule has 1 saturated heterocycles. The maximum Gasteiger partial charge on any atom is 0.00504 e. The zero-order valence-electron chi connectivity index (χ0n) is 8.05. The summed E-state index contributed by atoms with van der Waals surface area (Å²) in [6.07, 6.45) is 5.86. The highest BCUT2D eigenvalue weighted by Crippen LogP contribution is 2.45. The van der Waals surface area contributed by atoms with Crippen LogP contribution in [0.2, 0.25) is 0 Å². The SMILES string of the molecule is CCN1CC2(CCC(P)CC2)C1. The largest absolute Gasteiger partial charge is 0.302 e. The zero-order valence-corrected chi connectivity index (χ0v) is 9.21. The molecule has 2 fully saturated rings. The summed E-state index contributed by atoms with van der Waals surface area (Å²) in [4.78, 5) is 2.57. The van der Waals surface area contributed by atoms with Gasteiger partial charge in [-0.1, -0.05) is 6.92 Å². The molecule has 1 atom stereocenters. The normalized spacial score (nSPS) is 30.5. The molecular formula is C10H20NP. The lowest BCUT2D eigenvalue weighted by Gasteiger charge is -2.53. The quantitative estimate of drug-likeness (QED) is 0.566. The Hall–Kier alpha value is 0.390. The molecule has 1 nitrogen and oxygen atoms in total. The Morgan fingerprint density at radius 3 is 2.42 bits per heavy atom. The topological polar surface area (TPSA) is 3.24 Å². The first kappa shape index (κ1) is 8.97. The number of hydrogen-bond donors (Lipinski definition) is 0. The summed E-state index contributed by atoms with van der Waals surface area (Å²) in [5.41, 5.74) is 1.69. The van der Waals surface area contributed by atoms with E-state index in [0.29, 0.717) is 0 Å². The van der Waals surface area contributed by atoms with Gasteiger partial charge >= 0.3 is 0 Å². The molecule has 1 unspecified atom stereocenters. The molecule has 0 aromatic heterocycles. The van der Waals surface area contributed by atoms with E-state index in [4.69, 9.17) is 0 Å². The van der Waals surface area contributed by atoms with Crippen LogP contribution in [0.3, 0.4) is 0 Å². The van der Waals surface area contributed by atoms with Gasteiger partial charge in [0, 0.05) is 13.1 Å². The number of rotatable bonds is 1. The summed E-state index contributed by atoms with van der Waals surface area (Å²) in [5, 5.41) is 0. The second-order valence-corrected chi connectivity index (χ2v) is 5.58. The first-order chi connectivity index (χ1) is 5.74. The molecule has 0 radical (unpaired) electrons. The van der Waals surface area contributed by atoms with Crippen molar-refractivity contribution in [3.63, 3.8) is 0 Å². The van der Waals surface area contributed by atoms with Crippen LogP contribution in [0.15, 0.2) is 0 Å². The van der Waals surface area contributed by atoms with Gasteiger partial charge < -0.3 is 4.90 Å². The minimum absolute atomic E-state index is 0.767. The standard InChI is InChI=1S/C10H20NP/c1-2-11-7-10(8-11)5-3-9(12)4-6-10/h9H,2-8,12H2,1H3. The molecule has 1 heterocycles. The Labute approximate surface area is 78.1 Å². The highest BCUT2D eigenvalue weighted by atomic mass is 31.0. The fourth-order valence-electron chi connectivity index (χ4n) is 2.69. The molecule has 0 aromatic rings. The predicted molar refractivity (Wildman–Crippen MR) is 56.5 cm³/mol. The molecule has 2 rings (SSSR count). The van der Waals surface area contributed by atoms with Crippen LogP contribution < -0.4 is 0 Å². The molecule has 0 aromatic carbocycles. The average molecular weight is 185 g/mol. The van der Waals surface area contributed by atoms with Crippen molar-refractivity contribution < 1.29 is 0 Å². The highest BCUT2D eigenvalue weighted by molar-refractivity contribution is 7.17. The third kappa shape index (κ3) is 1.54. The van der Waals surface area contributed by atoms with Crippen molar-refractivity contribution in [3.8, 4) is 0 Å². The van der Waals surface area contributed by atoms with E-state index >= 15 is 0 Å². The summed E-state index contributed by atoms with van der Waals surface area (Å²) >= 11 is 0. The molecule has 1 aliphatic heterocycles. The first-order valence-electron chi connectivity index (χ1n) is 5.22.